The lowest BCUT2D eigenvalue weighted by atomic mass is 10.1. The highest BCUT2D eigenvalue weighted by Crippen LogP contribution is 2.52. The van der Waals surface area contributed by atoms with Crippen molar-refractivity contribution < 1.29 is 14.7 Å². The van der Waals surface area contributed by atoms with Crippen LogP contribution in [0.1, 0.15) is 51.7 Å². The number of ketones is 1. The smallest absolute Gasteiger partial charge is 0.352 e. The van der Waals surface area contributed by atoms with E-state index in [0.29, 0.717) is 11.5 Å². The number of hydrogen-bond donors (Lipinski definition) is 1. The largest absolute Gasteiger partial charge is 0.477 e. The highest BCUT2D eigenvalue weighted by molar-refractivity contribution is 5.97. The van der Waals surface area contributed by atoms with Gasteiger partial charge in [-0.3, -0.25) is 4.79 Å². The van der Waals surface area contributed by atoms with Crippen molar-refractivity contribution >= 4 is 11.8 Å². The topological polar surface area (TPSA) is 59.3 Å². The monoisotopic (exact) mass is 269 g/mol. The van der Waals surface area contributed by atoms with E-state index in [2.05, 4.69) is 12.1 Å². The van der Waals surface area contributed by atoms with E-state index >= 15 is 0 Å². The Morgan fingerprint density at radius 3 is 2.55 bits per heavy atom. The molecule has 1 aliphatic carbocycles. The number of carbonyl (C=O) groups is 2. The standard InChI is InChI=1S/C16H15NO3/c1-10(18)12-7-15(16(19)20)17(9-12)14-8-13(14)11-5-3-2-4-6-11/h2-7,9,13-14H,8H2,1H3,(H,19,20). The van der Waals surface area contributed by atoms with E-state index in [0.717, 1.165) is 6.42 Å². The molecule has 3 rings (SSSR count). The molecule has 1 N–H and O–H groups in total. The zero-order valence-electron chi connectivity index (χ0n) is 11.1. The van der Waals surface area contributed by atoms with Crippen molar-refractivity contribution in [1.29, 1.82) is 0 Å². The van der Waals surface area contributed by atoms with Crippen LogP contribution in [0.2, 0.25) is 0 Å². The number of carboxylic acids is 1. The lowest BCUT2D eigenvalue weighted by Crippen LogP contribution is -2.06. The molecular weight excluding hydrogens is 254 g/mol. The summed E-state index contributed by atoms with van der Waals surface area (Å²) in [5.74, 6) is -0.763. The van der Waals surface area contributed by atoms with Gasteiger partial charge in [-0.15, -0.1) is 0 Å². The van der Waals surface area contributed by atoms with Crippen LogP contribution in [0.4, 0.5) is 0 Å². The van der Waals surface area contributed by atoms with Crippen LogP contribution in [-0.4, -0.2) is 21.4 Å². The van der Waals surface area contributed by atoms with Gasteiger partial charge in [0.25, 0.3) is 0 Å². The van der Waals surface area contributed by atoms with Gasteiger partial charge in [-0.1, -0.05) is 30.3 Å². The zero-order chi connectivity index (χ0) is 14.3. The average Bonchev–Trinajstić information content (AvgIpc) is 3.09. The summed E-state index contributed by atoms with van der Waals surface area (Å²) in [4.78, 5) is 22.7. The Balaban J connectivity index is 1.92. The third-order valence-electron chi connectivity index (χ3n) is 3.82. The van der Waals surface area contributed by atoms with Crippen LogP contribution < -0.4 is 0 Å². The molecule has 0 bridgehead atoms. The quantitative estimate of drug-likeness (QED) is 0.867. The summed E-state index contributed by atoms with van der Waals surface area (Å²) in [7, 11) is 0. The maximum atomic E-state index is 11.4. The van der Waals surface area contributed by atoms with Crippen molar-refractivity contribution in [1.82, 2.24) is 4.57 Å². The number of rotatable bonds is 4. The second-order valence-electron chi connectivity index (χ2n) is 5.20. The van der Waals surface area contributed by atoms with Crippen molar-refractivity contribution in [2.24, 2.45) is 0 Å². The van der Waals surface area contributed by atoms with E-state index in [1.54, 1.807) is 10.8 Å². The molecule has 2 aromatic rings. The van der Waals surface area contributed by atoms with Crippen molar-refractivity contribution in [3.05, 3.63) is 59.4 Å². The van der Waals surface area contributed by atoms with Gasteiger partial charge in [-0.25, -0.2) is 4.79 Å². The number of hydrogen-bond acceptors (Lipinski definition) is 2. The summed E-state index contributed by atoms with van der Waals surface area (Å²) in [6.45, 7) is 1.45. The number of nitrogens with zero attached hydrogens (tertiary/aromatic N) is 1. The SMILES string of the molecule is CC(=O)c1cc(C(=O)O)n(C2CC2c2ccccc2)c1. The number of aromatic nitrogens is 1. The fourth-order valence-corrected chi connectivity index (χ4v) is 2.67. The van der Waals surface area contributed by atoms with Crippen LogP contribution >= 0.6 is 0 Å². The number of carboxylic acid groups (broad SMARTS) is 1. The van der Waals surface area contributed by atoms with E-state index in [4.69, 9.17) is 0 Å². The molecule has 1 aromatic carbocycles. The van der Waals surface area contributed by atoms with E-state index in [9.17, 15) is 14.7 Å². The first kappa shape index (κ1) is 12.7. The van der Waals surface area contributed by atoms with E-state index < -0.39 is 5.97 Å². The van der Waals surface area contributed by atoms with Gasteiger partial charge in [0.15, 0.2) is 5.78 Å². The number of aromatic carboxylic acids is 1. The lowest BCUT2D eigenvalue weighted by molar-refractivity contribution is 0.0684. The summed E-state index contributed by atoms with van der Waals surface area (Å²) in [6.07, 6.45) is 2.58. The predicted molar refractivity (Wildman–Crippen MR) is 74.2 cm³/mol. The van der Waals surface area contributed by atoms with Crippen LogP contribution in [0.5, 0.6) is 0 Å². The van der Waals surface area contributed by atoms with Gasteiger partial charge in [0, 0.05) is 23.7 Å². The van der Waals surface area contributed by atoms with E-state index in [-0.39, 0.29) is 17.5 Å². The Labute approximate surface area is 116 Å². The van der Waals surface area contributed by atoms with Crippen LogP contribution in [-0.2, 0) is 0 Å². The maximum absolute atomic E-state index is 11.4. The summed E-state index contributed by atoms with van der Waals surface area (Å²) in [5, 5.41) is 9.26. The van der Waals surface area contributed by atoms with Crippen LogP contribution in [0.15, 0.2) is 42.6 Å². The Hall–Kier alpha value is -2.36. The Morgan fingerprint density at radius 2 is 1.95 bits per heavy atom. The molecule has 0 amide bonds. The number of carbonyl (C=O) groups excluding carboxylic acids is 1. The Kier molecular flexibility index (Phi) is 2.93. The normalized spacial score (nSPS) is 20.6. The van der Waals surface area contributed by atoms with Gasteiger partial charge < -0.3 is 9.67 Å². The number of Topliss-reactive ketones (excluding diaryl/α,β-unsaturated/α-hetero) is 1. The van der Waals surface area contributed by atoms with Gasteiger partial charge in [0.1, 0.15) is 5.69 Å². The first-order chi connectivity index (χ1) is 9.58. The maximum Gasteiger partial charge on any atom is 0.352 e. The van der Waals surface area contributed by atoms with E-state index in [1.807, 2.05) is 18.2 Å². The molecule has 1 heterocycles. The third-order valence-corrected chi connectivity index (χ3v) is 3.82. The molecule has 2 atom stereocenters. The highest BCUT2D eigenvalue weighted by Gasteiger charge is 2.41. The van der Waals surface area contributed by atoms with Gasteiger partial charge >= 0.3 is 5.97 Å². The molecule has 102 valence electrons. The molecule has 0 radical (unpaired) electrons. The molecule has 20 heavy (non-hydrogen) atoms. The fourth-order valence-electron chi connectivity index (χ4n) is 2.67. The zero-order valence-corrected chi connectivity index (χ0v) is 11.1. The van der Waals surface area contributed by atoms with Gasteiger partial charge in [0.05, 0.1) is 0 Å². The minimum atomic E-state index is -0.990. The second kappa shape index (κ2) is 4.63. The molecule has 0 spiro atoms. The Bertz CT molecular complexity index is 672. The van der Waals surface area contributed by atoms with Crippen LogP contribution in [0.25, 0.3) is 0 Å². The van der Waals surface area contributed by atoms with Crippen molar-refractivity contribution in [3.63, 3.8) is 0 Å². The van der Waals surface area contributed by atoms with Gasteiger partial charge in [-0.05, 0) is 25.0 Å². The van der Waals surface area contributed by atoms with Gasteiger partial charge in [0.2, 0.25) is 0 Å². The predicted octanol–water partition coefficient (Wildman–Crippen LogP) is 3.12. The summed E-state index contributed by atoms with van der Waals surface area (Å²) in [5.41, 5.74) is 1.87. The fraction of sp³-hybridized carbons (Fsp3) is 0.250. The van der Waals surface area contributed by atoms with Crippen molar-refractivity contribution in [2.75, 3.05) is 0 Å². The molecule has 1 aromatic heterocycles. The van der Waals surface area contributed by atoms with Crippen LogP contribution in [0.3, 0.4) is 0 Å². The summed E-state index contributed by atoms with van der Waals surface area (Å²) < 4.78 is 1.73. The molecule has 4 nitrogen and oxygen atoms in total. The van der Waals surface area contributed by atoms with Gasteiger partial charge in [-0.2, -0.15) is 0 Å². The molecular formula is C16H15NO3. The van der Waals surface area contributed by atoms with Crippen molar-refractivity contribution in [2.45, 2.75) is 25.3 Å². The average molecular weight is 269 g/mol. The van der Waals surface area contributed by atoms with E-state index in [1.165, 1.54) is 18.6 Å². The minimum Gasteiger partial charge on any atom is -0.477 e. The molecule has 4 heteroatoms. The molecule has 1 saturated carbocycles. The molecule has 0 saturated heterocycles. The molecule has 0 aliphatic heterocycles. The second-order valence-corrected chi connectivity index (χ2v) is 5.20. The lowest BCUT2D eigenvalue weighted by Gasteiger charge is -2.05. The molecule has 2 unspecified atom stereocenters. The third kappa shape index (κ3) is 2.13. The Morgan fingerprint density at radius 1 is 1.25 bits per heavy atom. The number of benzene rings is 1. The van der Waals surface area contributed by atoms with Crippen molar-refractivity contribution in [3.8, 4) is 0 Å². The summed E-state index contributed by atoms with van der Waals surface area (Å²) >= 11 is 0. The first-order valence-corrected chi connectivity index (χ1v) is 6.59. The highest BCUT2D eigenvalue weighted by atomic mass is 16.4. The first-order valence-electron chi connectivity index (χ1n) is 6.59. The summed E-state index contributed by atoms with van der Waals surface area (Å²) in [6, 6.07) is 11.6. The molecule has 1 fully saturated rings. The minimum absolute atomic E-state index is 0.108. The molecule has 1 aliphatic rings. The van der Waals surface area contributed by atoms with Crippen LogP contribution in [0, 0.1) is 0 Å².